The normalized spacial score (nSPS) is 13.1. The zero-order valence-electron chi connectivity index (χ0n) is 20.0. The molecule has 0 spiro atoms. The van der Waals surface area contributed by atoms with Crippen LogP contribution in [-0.4, -0.2) is 50.0 Å². The maximum Gasteiger partial charge on any atom is 0.244 e. The molecule has 2 aromatic rings. The van der Waals surface area contributed by atoms with Crippen molar-refractivity contribution in [1.82, 2.24) is 10.2 Å². The van der Waals surface area contributed by atoms with Gasteiger partial charge in [0.1, 0.15) is 12.6 Å². The Bertz CT molecular complexity index is 1140. The second-order valence-corrected chi connectivity index (χ2v) is 12.0. The lowest BCUT2D eigenvalue weighted by Crippen LogP contribution is -2.52. The number of anilines is 1. The molecule has 0 fully saturated rings. The lowest BCUT2D eigenvalue weighted by atomic mass is 10.1. The SMILES string of the molecule is CC[C@@H](C)NC(=O)[C@H](C)N(Cc1cccc(Br)c1)C(=O)CN(c1ccc(Br)c(C)c1)S(C)(=O)=O. The number of hydrogen-bond donors (Lipinski definition) is 1. The minimum atomic E-state index is -3.76. The predicted octanol–water partition coefficient (Wildman–Crippen LogP) is 4.62. The Hall–Kier alpha value is -1.91. The number of aryl methyl sites for hydroxylation is 1. The first-order chi connectivity index (χ1) is 15.8. The molecule has 0 heterocycles. The Morgan fingerprint density at radius 2 is 1.76 bits per heavy atom. The van der Waals surface area contributed by atoms with Crippen LogP contribution in [0.15, 0.2) is 51.4 Å². The number of nitrogens with zero attached hydrogens (tertiary/aromatic N) is 2. The first-order valence-corrected chi connectivity index (χ1v) is 14.3. The molecular formula is C24H31Br2N3O4S. The van der Waals surface area contributed by atoms with E-state index in [0.29, 0.717) is 5.69 Å². The minimum absolute atomic E-state index is 0.0453. The Labute approximate surface area is 219 Å². The van der Waals surface area contributed by atoms with Crippen LogP contribution in [0.4, 0.5) is 5.69 Å². The summed E-state index contributed by atoms with van der Waals surface area (Å²) < 4.78 is 28.0. The van der Waals surface area contributed by atoms with Gasteiger partial charge in [-0.25, -0.2) is 8.42 Å². The van der Waals surface area contributed by atoms with Gasteiger partial charge in [-0.2, -0.15) is 0 Å². The van der Waals surface area contributed by atoms with E-state index >= 15 is 0 Å². The molecule has 2 aromatic carbocycles. The highest BCUT2D eigenvalue weighted by atomic mass is 79.9. The Balaban J connectivity index is 2.41. The summed E-state index contributed by atoms with van der Waals surface area (Å²) in [5.74, 6) is -0.763. The van der Waals surface area contributed by atoms with Crippen molar-refractivity contribution in [2.75, 3.05) is 17.1 Å². The maximum absolute atomic E-state index is 13.5. The summed E-state index contributed by atoms with van der Waals surface area (Å²) in [5, 5.41) is 2.91. The molecule has 0 aliphatic rings. The highest BCUT2D eigenvalue weighted by molar-refractivity contribution is 9.10. The van der Waals surface area contributed by atoms with E-state index in [9.17, 15) is 18.0 Å². The smallest absolute Gasteiger partial charge is 0.244 e. The van der Waals surface area contributed by atoms with E-state index < -0.39 is 28.5 Å². The number of nitrogens with one attached hydrogen (secondary N) is 1. The molecular weight excluding hydrogens is 586 g/mol. The third kappa shape index (κ3) is 7.81. The van der Waals surface area contributed by atoms with Crippen LogP contribution in [0.1, 0.15) is 38.3 Å². The van der Waals surface area contributed by atoms with E-state index in [0.717, 1.165) is 37.1 Å². The van der Waals surface area contributed by atoms with E-state index in [1.807, 2.05) is 45.0 Å². The van der Waals surface area contributed by atoms with Gasteiger partial charge in [0.05, 0.1) is 11.9 Å². The fourth-order valence-electron chi connectivity index (χ4n) is 3.28. The van der Waals surface area contributed by atoms with Crippen molar-refractivity contribution in [2.24, 2.45) is 0 Å². The topological polar surface area (TPSA) is 86.8 Å². The van der Waals surface area contributed by atoms with E-state index in [2.05, 4.69) is 37.2 Å². The zero-order valence-corrected chi connectivity index (χ0v) is 24.0. The highest BCUT2D eigenvalue weighted by Crippen LogP contribution is 2.25. The summed E-state index contributed by atoms with van der Waals surface area (Å²) >= 11 is 6.85. The summed E-state index contributed by atoms with van der Waals surface area (Å²) in [6.45, 7) is 7.09. The van der Waals surface area contributed by atoms with Crippen molar-refractivity contribution in [1.29, 1.82) is 0 Å². The molecule has 0 saturated carbocycles. The zero-order chi connectivity index (χ0) is 25.6. The van der Waals surface area contributed by atoms with Crippen LogP contribution in [0, 0.1) is 6.92 Å². The molecule has 34 heavy (non-hydrogen) atoms. The number of amides is 2. The van der Waals surface area contributed by atoms with Gasteiger partial charge in [-0.3, -0.25) is 13.9 Å². The van der Waals surface area contributed by atoms with Crippen LogP contribution in [0.25, 0.3) is 0 Å². The van der Waals surface area contributed by atoms with Gasteiger partial charge in [0.25, 0.3) is 0 Å². The molecule has 0 aliphatic carbocycles. The van der Waals surface area contributed by atoms with Crippen molar-refractivity contribution in [2.45, 2.75) is 52.7 Å². The summed E-state index contributed by atoms with van der Waals surface area (Å²) in [4.78, 5) is 27.9. The van der Waals surface area contributed by atoms with Gasteiger partial charge >= 0.3 is 0 Å². The summed E-state index contributed by atoms with van der Waals surface area (Å²) in [6, 6.07) is 11.7. The molecule has 0 saturated heterocycles. The Morgan fingerprint density at radius 3 is 2.32 bits per heavy atom. The van der Waals surface area contributed by atoms with Crippen molar-refractivity contribution in [3.05, 3.63) is 62.5 Å². The Morgan fingerprint density at radius 1 is 1.09 bits per heavy atom. The molecule has 0 aromatic heterocycles. The third-order valence-electron chi connectivity index (χ3n) is 5.52. The van der Waals surface area contributed by atoms with Gasteiger partial charge in [-0.05, 0) is 68.7 Å². The van der Waals surface area contributed by atoms with Gasteiger partial charge < -0.3 is 10.2 Å². The molecule has 2 amide bonds. The third-order valence-corrected chi connectivity index (χ3v) is 8.04. The number of carbonyl (C=O) groups excluding carboxylic acids is 2. The first kappa shape index (κ1) is 28.3. The van der Waals surface area contributed by atoms with Crippen LogP contribution in [0.5, 0.6) is 0 Å². The molecule has 1 N–H and O–H groups in total. The molecule has 0 aliphatic heterocycles. The molecule has 2 atom stereocenters. The summed E-state index contributed by atoms with van der Waals surface area (Å²) in [5.41, 5.74) is 2.04. The van der Waals surface area contributed by atoms with Gasteiger partial charge in [-0.1, -0.05) is 50.9 Å². The molecule has 2 rings (SSSR count). The van der Waals surface area contributed by atoms with E-state index in [4.69, 9.17) is 0 Å². The average Bonchev–Trinajstić information content (AvgIpc) is 2.76. The van der Waals surface area contributed by atoms with Crippen LogP contribution >= 0.6 is 31.9 Å². The standard InChI is InChI=1S/C24H31Br2N3O4S/c1-6-17(3)27-24(31)18(4)28(14-19-8-7-9-20(25)13-19)23(30)15-29(34(5,32)33)21-10-11-22(26)16(2)12-21/h7-13,17-18H,6,14-15H2,1-5H3,(H,27,31)/t17-,18+/m1/s1. The van der Waals surface area contributed by atoms with Gasteiger partial charge in [-0.15, -0.1) is 0 Å². The second kappa shape index (κ2) is 12.2. The molecule has 186 valence electrons. The van der Waals surface area contributed by atoms with Crippen molar-refractivity contribution < 1.29 is 18.0 Å². The molecule has 0 radical (unpaired) electrons. The molecule has 0 bridgehead atoms. The lowest BCUT2D eigenvalue weighted by molar-refractivity contribution is -0.139. The fraction of sp³-hybridized carbons (Fsp3) is 0.417. The van der Waals surface area contributed by atoms with E-state index in [1.54, 1.807) is 25.1 Å². The van der Waals surface area contributed by atoms with Crippen LogP contribution in [-0.2, 0) is 26.2 Å². The van der Waals surface area contributed by atoms with Gasteiger partial charge in [0.2, 0.25) is 21.8 Å². The summed E-state index contributed by atoms with van der Waals surface area (Å²) in [7, 11) is -3.76. The lowest BCUT2D eigenvalue weighted by Gasteiger charge is -2.32. The number of sulfonamides is 1. The van der Waals surface area contributed by atoms with Crippen molar-refractivity contribution in [3.63, 3.8) is 0 Å². The minimum Gasteiger partial charge on any atom is -0.352 e. The first-order valence-electron chi connectivity index (χ1n) is 10.9. The van der Waals surface area contributed by atoms with Crippen LogP contribution in [0.2, 0.25) is 0 Å². The maximum atomic E-state index is 13.5. The molecule has 0 unspecified atom stereocenters. The van der Waals surface area contributed by atoms with Crippen molar-refractivity contribution >= 4 is 59.4 Å². The monoisotopic (exact) mass is 615 g/mol. The second-order valence-electron chi connectivity index (χ2n) is 8.35. The number of hydrogen-bond acceptors (Lipinski definition) is 4. The number of rotatable bonds is 10. The quantitative estimate of drug-likeness (QED) is 0.422. The molecule has 10 heteroatoms. The van der Waals surface area contributed by atoms with E-state index in [1.165, 1.54) is 4.90 Å². The predicted molar refractivity (Wildman–Crippen MR) is 143 cm³/mol. The summed E-state index contributed by atoms with van der Waals surface area (Å²) in [6.07, 6.45) is 1.82. The van der Waals surface area contributed by atoms with Crippen LogP contribution in [0.3, 0.4) is 0 Å². The number of halogens is 2. The van der Waals surface area contributed by atoms with Gasteiger partial charge in [0.15, 0.2) is 0 Å². The average molecular weight is 617 g/mol. The van der Waals surface area contributed by atoms with Gasteiger partial charge in [0, 0.05) is 21.5 Å². The van der Waals surface area contributed by atoms with E-state index in [-0.39, 0.29) is 18.5 Å². The highest BCUT2D eigenvalue weighted by Gasteiger charge is 2.30. The van der Waals surface area contributed by atoms with Crippen molar-refractivity contribution in [3.8, 4) is 0 Å². The number of benzene rings is 2. The number of carbonyl (C=O) groups is 2. The Kier molecular flexibility index (Phi) is 10.1. The largest absolute Gasteiger partial charge is 0.352 e. The van der Waals surface area contributed by atoms with Crippen LogP contribution < -0.4 is 9.62 Å². The molecule has 7 nitrogen and oxygen atoms in total. The fourth-order valence-corrected chi connectivity index (χ4v) is 4.81.